The van der Waals surface area contributed by atoms with E-state index in [1.54, 1.807) is 13.0 Å². The number of aliphatic carboxylic acids is 1. The van der Waals surface area contributed by atoms with Gasteiger partial charge in [0.15, 0.2) is 5.60 Å². The molecule has 7 nitrogen and oxygen atoms in total. The molecule has 1 atom stereocenters. The van der Waals surface area contributed by atoms with Gasteiger partial charge in [0.1, 0.15) is 0 Å². The molecular weight excluding hydrogens is 442 g/mol. The highest BCUT2D eigenvalue weighted by molar-refractivity contribution is 5.76. The van der Waals surface area contributed by atoms with Crippen LogP contribution >= 0.6 is 0 Å². The summed E-state index contributed by atoms with van der Waals surface area (Å²) in [6.07, 6.45) is -1.49. The zero-order chi connectivity index (χ0) is 25.0. The molecule has 0 saturated heterocycles. The predicted molar refractivity (Wildman–Crippen MR) is 134 cm³/mol. The number of carboxylic acid groups (broad SMARTS) is 1. The summed E-state index contributed by atoms with van der Waals surface area (Å²) in [5.74, 6) is -1.22. The van der Waals surface area contributed by atoms with E-state index in [0.29, 0.717) is 28.2 Å². The van der Waals surface area contributed by atoms with Crippen molar-refractivity contribution in [3.8, 4) is 17.3 Å². The summed E-state index contributed by atoms with van der Waals surface area (Å²) in [5, 5.41) is 10.4. The smallest absolute Gasteiger partial charge is 0.348 e. The van der Waals surface area contributed by atoms with Gasteiger partial charge in [-0.2, -0.15) is 4.98 Å². The molecule has 7 heteroatoms. The first kappa shape index (κ1) is 23.9. The molecular formula is C28H27N3O4. The molecule has 3 aromatic carbocycles. The van der Waals surface area contributed by atoms with Gasteiger partial charge in [-0.05, 0) is 42.7 Å². The van der Waals surface area contributed by atoms with Gasteiger partial charge < -0.3 is 20.3 Å². The SMILES string of the molecule is COC(c1ccccc1)(c1ccccc1)C(Oc1nc(C)cc(-c2ccc(C)c(N)c2)n1)C(=O)O. The maximum atomic E-state index is 12.7. The number of rotatable bonds is 8. The van der Waals surface area contributed by atoms with Crippen molar-refractivity contribution < 1.29 is 19.4 Å². The molecule has 4 rings (SSSR count). The minimum absolute atomic E-state index is 0.0696. The third kappa shape index (κ3) is 4.72. The summed E-state index contributed by atoms with van der Waals surface area (Å²) >= 11 is 0. The molecule has 0 spiro atoms. The number of aryl methyl sites for hydroxylation is 2. The number of methoxy groups -OCH3 is 1. The molecule has 4 aromatic rings. The van der Waals surface area contributed by atoms with Gasteiger partial charge in [0.05, 0.1) is 5.69 Å². The molecule has 0 amide bonds. The van der Waals surface area contributed by atoms with Gasteiger partial charge in [0.2, 0.25) is 6.10 Å². The van der Waals surface area contributed by atoms with Gasteiger partial charge in [-0.3, -0.25) is 0 Å². The number of nitrogen functional groups attached to an aromatic ring is 1. The summed E-state index contributed by atoms with van der Waals surface area (Å²) in [5.41, 5.74) is 9.44. The van der Waals surface area contributed by atoms with E-state index < -0.39 is 17.7 Å². The summed E-state index contributed by atoms with van der Waals surface area (Å²) < 4.78 is 12.1. The highest BCUT2D eigenvalue weighted by Gasteiger charge is 2.49. The molecule has 1 heterocycles. The number of carboxylic acids is 1. The molecule has 1 aromatic heterocycles. The normalized spacial score (nSPS) is 12.2. The van der Waals surface area contributed by atoms with Crippen LogP contribution in [0, 0.1) is 13.8 Å². The number of carbonyl (C=O) groups is 1. The first-order valence-corrected chi connectivity index (χ1v) is 11.1. The maximum absolute atomic E-state index is 12.7. The van der Waals surface area contributed by atoms with Crippen molar-refractivity contribution in [3.05, 3.63) is 107 Å². The number of nitrogens with two attached hydrogens (primary N) is 1. The largest absolute Gasteiger partial charge is 0.478 e. The molecule has 0 fully saturated rings. The Morgan fingerprint density at radius 2 is 1.51 bits per heavy atom. The van der Waals surface area contributed by atoms with Crippen LogP contribution in [0.5, 0.6) is 6.01 Å². The van der Waals surface area contributed by atoms with Crippen LogP contribution in [0.1, 0.15) is 22.4 Å². The summed E-state index contributed by atoms with van der Waals surface area (Å²) in [6, 6.07) is 25.6. The second-order valence-electron chi connectivity index (χ2n) is 8.26. The number of ether oxygens (including phenoxy) is 2. The molecule has 0 aliphatic carbocycles. The van der Waals surface area contributed by atoms with Gasteiger partial charge in [-0.1, -0.05) is 72.8 Å². The Kier molecular flexibility index (Phi) is 6.80. The number of benzene rings is 3. The lowest BCUT2D eigenvalue weighted by Gasteiger charge is -2.37. The Hall–Kier alpha value is -4.23. The van der Waals surface area contributed by atoms with Crippen LogP contribution in [0.2, 0.25) is 0 Å². The molecule has 0 aliphatic rings. The number of hydrogen-bond donors (Lipinski definition) is 2. The van der Waals surface area contributed by atoms with Crippen molar-refractivity contribution in [1.82, 2.24) is 9.97 Å². The second kappa shape index (κ2) is 9.95. The number of anilines is 1. The lowest BCUT2D eigenvalue weighted by atomic mass is 9.81. The quantitative estimate of drug-likeness (QED) is 0.358. The molecule has 1 unspecified atom stereocenters. The van der Waals surface area contributed by atoms with Crippen molar-refractivity contribution in [2.75, 3.05) is 12.8 Å². The average molecular weight is 470 g/mol. The zero-order valence-corrected chi connectivity index (χ0v) is 19.8. The van der Waals surface area contributed by atoms with Crippen LogP contribution < -0.4 is 10.5 Å². The molecule has 0 aliphatic heterocycles. The third-order valence-corrected chi connectivity index (χ3v) is 5.95. The first-order chi connectivity index (χ1) is 16.8. The minimum Gasteiger partial charge on any atom is -0.478 e. The summed E-state index contributed by atoms with van der Waals surface area (Å²) in [6.45, 7) is 3.72. The van der Waals surface area contributed by atoms with Crippen LogP contribution in [0.4, 0.5) is 5.69 Å². The van der Waals surface area contributed by atoms with Crippen LogP contribution in [0.15, 0.2) is 84.9 Å². The lowest BCUT2D eigenvalue weighted by molar-refractivity contribution is -0.160. The highest BCUT2D eigenvalue weighted by atomic mass is 16.6. The second-order valence-corrected chi connectivity index (χ2v) is 8.26. The van der Waals surface area contributed by atoms with E-state index in [4.69, 9.17) is 15.2 Å². The summed E-state index contributed by atoms with van der Waals surface area (Å²) in [7, 11) is 1.47. The Morgan fingerprint density at radius 3 is 2.03 bits per heavy atom. The molecule has 178 valence electrons. The van der Waals surface area contributed by atoms with Crippen LogP contribution in [-0.2, 0) is 15.1 Å². The molecule has 0 saturated carbocycles. The van der Waals surface area contributed by atoms with Gasteiger partial charge in [-0.25, -0.2) is 9.78 Å². The minimum atomic E-state index is -1.49. The number of aromatic nitrogens is 2. The van der Waals surface area contributed by atoms with E-state index in [1.165, 1.54) is 7.11 Å². The highest BCUT2D eigenvalue weighted by Crippen LogP contribution is 2.38. The van der Waals surface area contributed by atoms with Crippen LogP contribution in [0.25, 0.3) is 11.3 Å². The van der Waals surface area contributed by atoms with Crippen LogP contribution in [0.3, 0.4) is 0 Å². The van der Waals surface area contributed by atoms with E-state index in [0.717, 1.165) is 11.1 Å². The monoisotopic (exact) mass is 469 g/mol. The zero-order valence-electron chi connectivity index (χ0n) is 19.8. The standard InChI is InChI=1S/C28H27N3O4/c1-18-14-15-20(17-23(18)29)24-16-19(2)30-27(31-24)35-25(26(32)33)28(34-3,21-10-6-4-7-11-21)22-12-8-5-9-13-22/h4-17,25H,29H2,1-3H3,(H,32,33). The van der Waals surface area contributed by atoms with E-state index in [-0.39, 0.29) is 6.01 Å². The van der Waals surface area contributed by atoms with Crippen molar-refractivity contribution in [1.29, 1.82) is 0 Å². The Morgan fingerprint density at radius 1 is 0.914 bits per heavy atom. The van der Waals surface area contributed by atoms with E-state index >= 15 is 0 Å². The topological polar surface area (TPSA) is 108 Å². The van der Waals surface area contributed by atoms with Crippen molar-refractivity contribution in [2.24, 2.45) is 0 Å². The lowest BCUT2D eigenvalue weighted by Crippen LogP contribution is -2.50. The summed E-state index contributed by atoms with van der Waals surface area (Å²) in [4.78, 5) is 21.6. The number of hydrogen-bond acceptors (Lipinski definition) is 6. The molecule has 0 bridgehead atoms. The Balaban J connectivity index is 1.84. The van der Waals surface area contributed by atoms with E-state index in [2.05, 4.69) is 9.97 Å². The fourth-order valence-corrected chi connectivity index (χ4v) is 4.14. The van der Waals surface area contributed by atoms with Crippen molar-refractivity contribution in [3.63, 3.8) is 0 Å². The fraction of sp³-hybridized carbons (Fsp3) is 0.179. The first-order valence-electron chi connectivity index (χ1n) is 11.1. The Labute approximate surface area is 204 Å². The van der Waals surface area contributed by atoms with Crippen LogP contribution in [-0.4, -0.2) is 34.3 Å². The third-order valence-electron chi connectivity index (χ3n) is 5.95. The van der Waals surface area contributed by atoms with Gasteiger partial charge in [0.25, 0.3) is 0 Å². The van der Waals surface area contributed by atoms with E-state index in [9.17, 15) is 9.90 Å². The van der Waals surface area contributed by atoms with Gasteiger partial charge in [-0.15, -0.1) is 0 Å². The molecule has 35 heavy (non-hydrogen) atoms. The number of nitrogens with zero attached hydrogens (tertiary/aromatic N) is 2. The van der Waals surface area contributed by atoms with Crippen molar-refractivity contribution in [2.45, 2.75) is 25.6 Å². The van der Waals surface area contributed by atoms with Gasteiger partial charge in [0, 0.05) is 24.1 Å². The van der Waals surface area contributed by atoms with Gasteiger partial charge >= 0.3 is 12.0 Å². The average Bonchev–Trinajstić information content (AvgIpc) is 2.86. The molecule has 0 radical (unpaired) electrons. The Bertz CT molecular complexity index is 1290. The maximum Gasteiger partial charge on any atom is 0.348 e. The predicted octanol–water partition coefficient (Wildman–Crippen LogP) is 4.76. The fourth-order valence-electron chi connectivity index (χ4n) is 4.14. The van der Waals surface area contributed by atoms with E-state index in [1.807, 2.05) is 85.8 Å². The molecule has 3 N–H and O–H groups in total. The van der Waals surface area contributed by atoms with Crippen molar-refractivity contribution >= 4 is 11.7 Å².